The highest BCUT2D eigenvalue weighted by Crippen LogP contribution is 2.39. The van der Waals surface area contributed by atoms with Gasteiger partial charge < -0.3 is 9.47 Å². The van der Waals surface area contributed by atoms with Crippen LogP contribution in [0.15, 0.2) is 48.5 Å². The molecule has 27 heavy (non-hydrogen) atoms. The van der Waals surface area contributed by atoms with Gasteiger partial charge in [0.15, 0.2) is 11.5 Å². The van der Waals surface area contributed by atoms with Gasteiger partial charge >= 0.3 is 17.6 Å². The lowest BCUT2D eigenvalue weighted by atomic mass is 10.1. The summed E-state index contributed by atoms with van der Waals surface area (Å²) in [6.07, 6.45) is 2.57. The summed E-state index contributed by atoms with van der Waals surface area (Å²) < 4.78 is 9.77. The van der Waals surface area contributed by atoms with Gasteiger partial charge in [-0.25, -0.2) is 0 Å². The van der Waals surface area contributed by atoms with Gasteiger partial charge in [0, 0.05) is 25.5 Å². The lowest BCUT2D eigenvalue weighted by Crippen LogP contribution is -2.09. The third-order valence-electron chi connectivity index (χ3n) is 3.24. The zero-order valence-electron chi connectivity index (χ0n) is 14.5. The predicted molar refractivity (Wildman–Crippen MR) is 95.5 cm³/mol. The van der Waals surface area contributed by atoms with E-state index in [1.54, 1.807) is 30.3 Å². The maximum Gasteiger partial charge on any atom is 0.316 e. The summed E-state index contributed by atoms with van der Waals surface area (Å²) in [7, 11) is 0. The Morgan fingerprint density at radius 3 is 2.19 bits per heavy atom. The number of hydrogen-bond donors (Lipinski definition) is 0. The minimum Gasteiger partial charge on any atom is -0.422 e. The first-order chi connectivity index (χ1) is 12.8. The summed E-state index contributed by atoms with van der Waals surface area (Å²) in [5.41, 5.74) is 0.0916. The lowest BCUT2D eigenvalue weighted by molar-refractivity contribution is -0.385. The van der Waals surface area contributed by atoms with Gasteiger partial charge in [0.25, 0.3) is 5.75 Å². The zero-order chi connectivity index (χ0) is 20.0. The van der Waals surface area contributed by atoms with Gasteiger partial charge in [-0.05, 0) is 17.7 Å². The van der Waals surface area contributed by atoms with Gasteiger partial charge in [-0.1, -0.05) is 36.4 Å². The predicted octanol–water partition coefficient (Wildman–Crippen LogP) is 3.34. The van der Waals surface area contributed by atoms with E-state index in [1.807, 2.05) is 0 Å². The van der Waals surface area contributed by atoms with Crippen LogP contribution in [0, 0.1) is 10.1 Å². The molecule has 0 radical (unpaired) electrons. The van der Waals surface area contributed by atoms with Crippen LogP contribution >= 0.6 is 0 Å². The number of benzene rings is 2. The zero-order valence-corrected chi connectivity index (χ0v) is 14.5. The average Bonchev–Trinajstić information content (AvgIpc) is 2.61. The van der Waals surface area contributed by atoms with Crippen molar-refractivity contribution in [3.63, 3.8) is 0 Å². The number of nitrogens with zero attached hydrogens (tertiary/aromatic N) is 1. The largest absolute Gasteiger partial charge is 0.422 e. The summed E-state index contributed by atoms with van der Waals surface area (Å²) in [5, 5.41) is 11.3. The van der Waals surface area contributed by atoms with Crippen molar-refractivity contribution < 1.29 is 28.8 Å². The second-order valence-electron chi connectivity index (χ2n) is 5.38. The SMILES string of the molecule is CC(=O)Oc1cc(C=CC(=O)c2ccccc2)cc([N+](=O)[O-])c1OC(C)=O. The molecule has 0 bridgehead atoms. The number of nitro benzene ring substituents is 1. The van der Waals surface area contributed by atoms with E-state index in [2.05, 4.69) is 0 Å². The standard InChI is InChI=1S/C19H15NO7/c1-12(21)26-18-11-14(8-9-17(23)15-6-4-3-5-7-15)10-16(20(24)25)19(18)27-13(2)22/h3-11H,1-2H3. The molecule has 138 valence electrons. The van der Waals surface area contributed by atoms with Crippen molar-refractivity contribution in [1.29, 1.82) is 0 Å². The number of rotatable bonds is 6. The summed E-state index contributed by atoms with van der Waals surface area (Å²) in [5.74, 6) is -2.64. The number of esters is 2. The lowest BCUT2D eigenvalue weighted by Gasteiger charge is -2.10. The highest BCUT2D eigenvalue weighted by molar-refractivity contribution is 6.06. The Labute approximate surface area is 154 Å². The van der Waals surface area contributed by atoms with E-state index in [1.165, 1.54) is 18.2 Å². The third-order valence-corrected chi connectivity index (χ3v) is 3.24. The van der Waals surface area contributed by atoms with Crippen molar-refractivity contribution in [2.45, 2.75) is 13.8 Å². The quantitative estimate of drug-likeness (QED) is 0.192. The Balaban J connectivity index is 2.47. The molecule has 0 N–H and O–H groups in total. The van der Waals surface area contributed by atoms with E-state index < -0.39 is 28.3 Å². The Hall–Kier alpha value is -3.81. The first-order valence-electron chi connectivity index (χ1n) is 7.74. The van der Waals surface area contributed by atoms with Gasteiger partial charge in [-0.3, -0.25) is 24.5 Å². The van der Waals surface area contributed by atoms with Crippen LogP contribution in [0.25, 0.3) is 6.08 Å². The van der Waals surface area contributed by atoms with E-state index in [0.717, 1.165) is 19.9 Å². The Morgan fingerprint density at radius 1 is 1.00 bits per heavy atom. The summed E-state index contributed by atoms with van der Waals surface area (Å²) in [4.78, 5) is 45.2. The maximum atomic E-state index is 12.1. The summed E-state index contributed by atoms with van der Waals surface area (Å²) in [6.45, 7) is 2.17. The van der Waals surface area contributed by atoms with Crippen LogP contribution in [0.1, 0.15) is 29.8 Å². The van der Waals surface area contributed by atoms with Crippen molar-refractivity contribution in [3.8, 4) is 11.5 Å². The number of allylic oxidation sites excluding steroid dienone is 1. The number of carbonyl (C=O) groups excluding carboxylic acids is 3. The molecule has 0 aliphatic carbocycles. The molecule has 0 heterocycles. The molecule has 2 aromatic carbocycles. The van der Waals surface area contributed by atoms with Crippen molar-refractivity contribution >= 4 is 29.5 Å². The highest BCUT2D eigenvalue weighted by Gasteiger charge is 2.24. The molecule has 8 heteroatoms. The molecule has 0 unspecified atom stereocenters. The monoisotopic (exact) mass is 369 g/mol. The fraction of sp³-hybridized carbons (Fsp3) is 0.105. The smallest absolute Gasteiger partial charge is 0.316 e. The van der Waals surface area contributed by atoms with Crippen LogP contribution in [0.4, 0.5) is 5.69 Å². The molecule has 0 saturated heterocycles. The van der Waals surface area contributed by atoms with E-state index >= 15 is 0 Å². The molecule has 8 nitrogen and oxygen atoms in total. The van der Waals surface area contributed by atoms with Gasteiger partial charge in [-0.15, -0.1) is 0 Å². The molecule has 0 spiro atoms. The van der Waals surface area contributed by atoms with Gasteiger partial charge in [0.05, 0.1) is 4.92 Å². The fourth-order valence-electron chi connectivity index (χ4n) is 2.19. The second kappa shape index (κ2) is 8.52. The molecule has 0 saturated carbocycles. The van der Waals surface area contributed by atoms with Crippen LogP contribution in [-0.2, 0) is 9.59 Å². The Kier molecular flexibility index (Phi) is 6.16. The van der Waals surface area contributed by atoms with E-state index in [-0.39, 0.29) is 17.1 Å². The van der Waals surface area contributed by atoms with Crippen molar-refractivity contribution in [2.75, 3.05) is 0 Å². The van der Waals surface area contributed by atoms with E-state index in [9.17, 15) is 24.5 Å². The van der Waals surface area contributed by atoms with E-state index in [4.69, 9.17) is 9.47 Å². The van der Waals surface area contributed by atoms with Crippen molar-refractivity contribution in [3.05, 3.63) is 69.8 Å². The third kappa shape index (κ3) is 5.33. The summed E-state index contributed by atoms with van der Waals surface area (Å²) >= 11 is 0. The molecule has 0 atom stereocenters. The number of ether oxygens (including phenoxy) is 2. The first kappa shape index (κ1) is 19.5. The number of carbonyl (C=O) groups is 3. The van der Waals surface area contributed by atoms with Crippen molar-refractivity contribution in [2.24, 2.45) is 0 Å². The molecule has 0 fully saturated rings. The van der Waals surface area contributed by atoms with Crippen LogP contribution in [0.5, 0.6) is 11.5 Å². The van der Waals surface area contributed by atoms with Crippen LogP contribution < -0.4 is 9.47 Å². The average molecular weight is 369 g/mol. The Morgan fingerprint density at radius 2 is 1.63 bits per heavy atom. The minimum atomic E-state index is -0.811. The van der Waals surface area contributed by atoms with Crippen LogP contribution in [-0.4, -0.2) is 22.6 Å². The molecule has 0 aliphatic rings. The second-order valence-corrected chi connectivity index (χ2v) is 5.38. The Bertz CT molecular complexity index is 933. The number of ketones is 1. The molecular weight excluding hydrogens is 354 g/mol. The molecule has 2 aromatic rings. The molecular formula is C19H15NO7. The topological polar surface area (TPSA) is 113 Å². The summed E-state index contributed by atoms with van der Waals surface area (Å²) in [6, 6.07) is 10.8. The highest BCUT2D eigenvalue weighted by atomic mass is 16.6. The van der Waals surface area contributed by atoms with Gasteiger partial charge in [-0.2, -0.15) is 0 Å². The minimum absolute atomic E-state index is 0.220. The van der Waals surface area contributed by atoms with Gasteiger partial charge in [0.2, 0.25) is 0 Å². The van der Waals surface area contributed by atoms with Crippen LogP contribution in [0.3, 0.4) is 0 Å². The maximum absolute atomic E-state index is 12.1. The van der Waals surface area contributed by atoms with Crippen molar-refractivity contribution in [1.82, 2.24) is 0 Å². The molecule has 0 aliphatic heterocycles. The molecule has 0 amide bonds. The van der Waals surface area contributed by atoms with Crippen LogP contribution in [0.2, 0.25) is 0 Å². The van der Waals surface area contributed by atoms with Gasteiger partial charge in [0.1, 0.15) is 0 Å². The number of hydrogen-bond acceptors (Lipinski definition) is 7. The molecule has 0 aromatic heterocycles. The fourth-order valence-corrected chi connectivity index (χ4v) is 2.19. The number of nitro groups is 1. The van der Waals surface area contributed by atoms with E-state index in [0.29, 0.717) is 5.56 Å². The normalized spacial score (nSPS) is 10.4. The molecule has 2 rings (SSSR count). The first-order valence-corrected chi connectivity index (χ1v) is 7.74.